The second-order valence-corrected chi connectivity index (χ2v) is 8.39. The largest absolute Gasteiger partial charge is 0.506 e. The van der Waals surface area contributed by atoms with Gasteiger partial charge in [-0.25, -0.2) is 4.79 Å². The van der Waals surface area contributed by atoms with Crippen LogP contribution in [0, 0.1) is 0 Å². The van der Waals surface area contributed by atoms with Gasteiger partial charge in [-0.15, -0.1) is 0 Å². The van der Waals surface area contributed by atoms with Crippen LogP contribution in [0.15, 0.2) is 48.9 Å². The van der Waals surface area contributed by atoms with Crippen LogP contribution in [0.3, 0.4) is 0 Å². The summed E-state index contributed by atoms with van der Waals surface area (Å²) in [7, 11) is 0. The number of hydrogen-bond donors (Lipinski definition) is 2. The number of morpholine rings is 1. The maximum atomic E-state index is 12.8. The van der Waals surface area contributed by atoms with Crippen LogP contribution in [0.25, 0.3) is 22.4 Å². The van der Waals surface area contributed by atoms with Crippen LogP contribution >= 0.6 is 11.6 Å². The van der Waals surface area contributed by atoms with Crippen LogP contribution < -0.4 is 5.32 Å². The highest BCUT2D eigenvalue weighted by molar-refractivity contribution is 6.32. The van der Waals surface area contributed by atoms with Gasteiger partial charge in [-0.2, -0.15) is 9.78 Å². The lowest BCUT2D eigenvalue weighted by Gasteiger charge is -2.35. The lowest BCUT2D eigenvalue weighted by Crippen LogP contribution is -2.48. The first-order valence-corrected chi connectivity index (χ1v) is 10.9. The molecule has 9 heteroatoms. The van der Waals surface area contributed by atoms with E-state index >= 15 is 0 Å². The Morgan fingerprint density at radius 3 is 2.59 bits per heavy atom. The van der Waals surface area contributed by atoms with Gasteiger partial charge in [0, 0.05) is 55.9 Å². The number of halogens is 1. The van der Waals surface area contributed by atoms with E-state index in [2.05, 4.69) is 34.1 Å². The summed E-state index contributed by atoms with van der Waals surface area (Å²) < 4.78 is 7.05. The summed E-state index contributed by atoms with van der Waals surface area (Å²) in [6.07, 6.45) is 5.41. The minimum absolute atomic E-state index is 0.0437. The normalized spacial score (nSPS) is 19.1. The molecule has 0 spiro atoms. The first kappa shape index (κ1) is 22.3. The molecule has 1 aliphatic heterocycles. The Kier molecular flexibility index (Phi) is 6.74. The molecule has 8 nitrogen and oxygen atoms in total. The molecule has 2 unspecified atom stereocenters. The number of carbonyl (C=O) groups is 1. The maximum absolute atomic E-state index is 12.8. The molecule has 1 aliphatic rings. The minimum Gasteiger partial charge on any atom is -0.506 e. The van der Waals surface area contributed by atoms with Crippen molar-refractivity contribution in [2.75, 3.05) is 26.2 Å². The highest BCUT2D eigenvalue weighted by Gasteiger charge is 2.22. The zero-order valence-electron chi connectivity index (χ0n) is 18.0. The van der Waals surface area contributed by atoms with Crippen molar-refractivity contribution in [3.05, 3.63) is 53.9 Å². The Morgan fingerprint density at radius 2 is 1.91 bits per heavy atom. The number of benzene rings is 1. The number of hydrogen-bond acceptors (Lipinski definition) is 6. The van der Waals surface area contributed by atoms with Crippen LogP contribution in [0.2, 0.25) is 5.02 Å². The van der Waals surface area contributed by atoms with E-state index in [0.717, 1.165) is 30.8 Å². The van der Waals surface area contributed by atoms with E-state index < -0.39 is 0 Å². The summed E-state index contributed by atoms with van der Waals surface area (Å²) in [6, 6.07) is 8.28. The van der Waals surface area contributed by atoms with Gasteiger partial charge in [0.25, 0.3) is 0 Å². The monoisotopic (exact) mass is 455 g/mol. The van der Waals surface area contributed by atoms with Crippen molar-refractivity contribution >= 4 is 17.6 Å². The molecule has 1 aromatic carbocycles. The van der Waals surface area contributed by atoms with Crippen LogP contribution in [0.1, 0.15) is 13.8 Å². The standard InChI is InChI=1S/C23H26ClN5O3/c1-15-12-28(13-16(2)32-15)10-9-26-23(31)29-14-19(17-5-7-25-8-6-17)22(27-29)18-3-4-20(24)21(30)11-18/h3-8,11,14-16,30H,9-10,12-13H2,1-2H3,(H,26,31). The summed E-state index contributed by atoms with van der Waals surface area (Å²) >= 11 is 5.96. The fourth-order valence-electron chi connectivity index (χ4n) is 3.96. The molecule has 0 saturated carbocycles. The quantitative estimate of drug-likeness (QED) is 0.610. The Morgan fingerprint density at radius 1 is 1.19 bits per heavy atom. The molecule has 0 aliphatic carbocycles. The molecule has 1 saturated heterocycles. The van der Waals surface area contributed by atoms with E-state index in [-0.39, 0.29) is 29.0 Å². The molecular weight excluding hydrogens is 430 g/mol. The summed E-state index contributed by atoms with van der Waals surface area (Å²) in [5.74, 6) is -0.0437. The third-order valence-corrected chi connectivity index (χ3v) is 5.65. The lowest BCUT2D eigenvalue weighted by molar-refractivity contribution is -0.0672. The van der Waals surface area contributed by atoms with E-state index in [0.29, 0.717) is 17.8 Å². The summed E-state index contributed by atoms with van der Waals surface area (Å²) in [5, 5.41) is 17.7. The maximum Gasteiger partial charge on any atom is 0.342 e. The summed E-state index contributed by atoms with van der Waals surface area (Å²) in [4.78, 5) is 19.2. The zero-order chi connectivity index (χ0) is 22.7. The Labute approximate surface area is 191 Å². The molecule has 1 fully saturated rings. The zero-order valence-corrected chi connectivity index (χ0v) is 18.8. The molecule has 0 radical (unpaired) electrons. The number of phenols is 1. The number of ether oxygens (including phenoxy) is 1. The van der Waals surface area contributed by atoms with Crippen molar-refractivity contribution in [2.45, 2.75) is 26.1 Å². The SMILES string of the molecule is CC1CN(CCNC(=O)n2cc(-c3ccncc3)c(-c3ccc(Cl)c(O)c3)n2)CC(C)O1. The number of amides is 1. The van der Waals surface area contributed by atoms with Gasteiger partial charge in [-0.05, 0) is 43.7 Å². The highest BCUT2D eigenvalue weighted by atomic mass is 35.5. The van der Waals surface area contributed by atoms with Crippen molar-refractivity contribution < 1.29 is 14.6 Å². The molecular formula is C23H26ClN5O3. The van der Waals surface area contributed by atoms with Crippen LogP contribution in [0.5, 0.6) is 5.75 Å². The fraction of sp³-hybridized carbons (Fsp3) is 0.348. The van der Waals surface area contributed by atoms with Crippen molar-refractivity contribution in [1.82, 2.24) is 25.0 Å². The van der Waals surface area contributed by atoms with Crippen LogP contribution in [0.4, 0.5) is 4.79 Å². The second kappa shape index (κ2) is 9.68. The first-order chi connectivity index (χ1) is 15.4. The van der Waals surface area contributed by atoms with E-state index in [1.807, 2.05) is 12.1 Å². The van der Waals surface area contributed by atoms with Crippen LogP contribution in [-0.2, 0) is 4.74 Å². The van der Waals surface area contributed by atoms with Crippen molar-refractivity contribution in [1.29, 1.82) is 0 Å². The van der Waals surface area contributed by atoms with Crippen molar-refractivity contribution in [2.24, 2.45) is 0 Å². The molecule has 2 aromatic heterocycles. The van der Waals surface area contributed by atoms with Crippen molar-refractivity contribution in [3.63, 3.8) is 0 Å². The third-order valence-electron chi connectivity index (χ3n) is 5.33. The molecule has 3 heterocycles. The second-order valence-electron chi connectivity index (χ2n) is 7.99. The number of rotatable bonds is 5. The fourth-order valence-corrected chi connectivity index (χ4v) is 4.08. The highest BCUT2D eigenvalue weighted by Crippen LogP contribution is 2.34. The molecule has 1 amide bonds. The molecule has 4 rings (SSSR count). The molecule has 3 aromatic rings. The van der Waals surface area contributed by atoms with Gasteiger partial charge in [0.15, 0.2) is 0 Å². The predicted molar refractivity (Wildman–Crippen MR) is 123 cm³/mol. The first-order valence-electron chi connectivity index (χ1n) is 10.6. The van der Waals surface area contributed by atoms with Gasteiger partial charge in [-0.1, -0.05) is 17.7 Å². The third kappa shape index (κ3) is 5.09. The van der Waals surface area contributed by atoms with Crippen molar-refractivity contribution in [3.8, 4) is 28.1 Å². The van der Waals surface area contributed by atoms with E-state index in [9.17, 15) is 9.90 Å². The van der Waals surface area contributed by atoms with Gasteiger partial charge >= 0.3 is 6.03 Å². The van der Waals surface area contributed by atoms with E-state index in [4.69, 9.17) is 16.3 Å². The molecule has 168 valence electrons. The minimum atomic E-state index is -0.320. The smallest absolute Gasteiger partial charge is 0.342 e. The number of aromatic hydroxyl groups is 1. The Bertz CT molecular complexity index is 1080. The van der Waals surface area contributed by atoms with Gasteiger partial charge in [-0.3, -0.25) is 9.88 Å². The molecule has 2 N–H and O–H groups in total. The summed E-state index contributed by atoms with van der Waals surface area (Å²) in [6.45, 7) is 7.04. The lowest BCUT2D eigenvalue weighted by atomic mass is 10.0. The number of nitrogens with zero attached hydrogens (tertiary/aromatic N) is 4. The average Bonchev–Trinajstić information content (AvgIpc) is 3.21. The van der Waals surface area contributed by atoms with Crippen LogP contribution in [-0.4, -0.2) is 69.2 Å². The van der Waals surface area contributed by atoms with Gasteiger partial charge in [0.1, 0.15) is 11.4 Å². The molecule has 2 atom stereocenters. The molecule has 0 bridgehead atoms. The number of nitrogens with one attached hydrogen (secondary N) is 1. The van der Waals surface area contributed by atoms with Gasteiger partial charge in [0.05, 0.1) is 17.2 Å². The average molecular weight is 456 g/mol. The molecule has 32 heavy (non-hydrogen) atoms. The van der Waals surface area contributed by atoms with E-state index in [1.54, 1.807) is 36.8 Å². The topological polar surface area (TPSA) is 92.5 Å². The van der Waals surface area contributed by atoms with Gasteiger partial charge < -0.3 is 15.2 Å². The van der Waals surface area contributed by atoms with E-state index in [1.165, 1.54) is 4.68 Å². The number of pyridine rings is 1. The Balaban J connectivity index is 1.53. The summed E-state index contributed by atoms with van der Waals surface area (Å²) in [5.41, 5.74) is 2.83. The predicted octanol–water partition coefficient (Wildman–Crippen LogP) is 3.64. The number of carbonyl (C=O) groups excluding carboxylic acids is 1. The Hall–Kier alpha value is -2.94. The van der Waals surface area contributed by atoms with Gasteiger partial charge in [0.2, 0.25) is 0 Å². The number of aromatic nitrogens is 3. The number of phenolic OH excluding ortho intramolecular Hbond substituents is 1.